The van der Waals surface area contributed by atoms with Crippen molar-refractivity contribution in [1.29, 1.82) is 0 Å². The number of hydrogen-bond donors (Lipinski definition) is 1. The summed E-state index contributed by atoms with van der Waals surface area (Å²) in [5, 5.41) is 10.3. The van der Waals surface area contributed by atoms with Gasteiger partial charge in [0.15, 0.2) is 0 Å². The Kier molecular flexibility index (Phi) is 4.61. The van der Waals surface area contributed by atoms with Crippen molar-refractivity contribution in [3.05, 3.63) is 35.4 Å². The summed E-state index contributed by atoms with van der Waals surface area (Å²) in [6.07, 6.45) is 8.31. The van der Waals surface area contributed by atoms with Crippen molar-refractivity contribution in [2.24, 2.45) is 5.92 Å². The molecule has 0 aromatic heterocycles. The fraction of sp³-hybridized carbons (Fsp3) is 0.625. The second-order valence-electron chi connectivity index (χ2n) is 5.40. The average molecular weight is 232 g/mol. The Morgan fingerprint density at radius 2 is 2.06 bits per heavy atom. The van der Waals surface area contributed by atoms with Gasteiger partial charge in [0.2, 0.25) is 0 Å². The zero-order valence-electron chi connectivity index (χ0n) is 10.9. The third kappa shape index (κ3) is 3.57. The number of aryl methyl sites for hydroxylation is 1. The molecule has 1 fully saturated rings. The molecule has 1 saturated carbocycles. The highest BCUT2D eigenvalue weighted by Crippen LogP contribution is 2.33. The topological polar surface area (TPSA) is 20.2 Å². The van der Waals surface area contributed by atoms with Crippen molar-refractivity contribution in [1.82, 2.24) is 0 Å². The zero-order valence-corrected chi connectivity index (χ0v) is 10.9. The molecule has 1 nitrogen and oxygen atoms in total. The van der Waals surface area contributed by atoms with E-state index in [1.807, 2.05) is 0 Å². The summed E-state index contributed by atoms with van der Waals surface area (Å²) in [4.78, 5) is 0. The van der Waals surface area contributed by atoms with Crippen LogP contribution in [0.5, 0.6) is 0 Å². The number of rotatable bonds is 5. The summed E-state index contributed by atoms with van der Waals surface area (Å²) in [6.45, 7) is 2.20. The van der Waals surface area contributed by atoms with Gasteiger partial charge in [-0.3, -0.25) is 0 Å². The summed E-state index contributed by atoms with van der Waals surface area (Å²) in [5.74, 6) is 0.750. The van der Waals surface area contributed by atoms with E-state index >= 15 is 0 Å². The first-order valence-corrected chi connectivity index (χ1v) is 7.06. The first-order chi connectivity index (χ1) is 8.29. The van der Waals surface area contributed by atoms with Gasteiger partial charge in [0.05, 0.1) is 6.10 Å². The minimum absolute atomic E-state index is 0.255. The van der Waals surface area contributed by atoms with Gasteiger partial charge in [-0.25, -0.2) is 0 Å². The van der Waals surface area contributed by atoms with Crippen LogP contribution in [0.25, 0.3) is 0 Å². The average Bonchev–Trinajstić information content (AvgIpc) is 2.83. The Morgan fingerprint density at radius 3 is 2.76 bits per heavy atom. The summed E-state index contributed by atoms with van der Waals surface area (Å²) >= 11 is 0. The van der Waals surface area contributed by atoms with Crippen LogP contribution in [0.1, 0.15) is 62.7 Å². The maximum atomic E-state index is 10.3. The lowest BCUT2D eigenvalue weighted by Crippen LogP contribution is -2.04. The Labute approximate surface area is 105 Å². The Bertz CT molecular complexity index is 339. The predicted octanol–water partition coefficient (Wildman–Crippen LogP) is 4.25. The van der Waals surface area contributed by atoms with E-state index in [1.54, 1.807) is 0 Å². The van der Waals surface area contributed by atoms with Crippen LogP contribution in [0.3, 0.4) is 0 Å². The molecule has 0 aliphatic heterocycles. The van der Waals surface area contributed by atoms with E-state index in [0.29, 0.717) is 0 Å². The van der Waals surface area contributed by atoms with Gasteiger partial charge in [-0.2, -0.15) is 0 Å². The van der Waals surface area contributed by atoms with Crippen molar-refractivity contribution in [2.75, 3.05) is 0 Å². The standard InChI is InChI=1S/C16H24O/c1-2-6-13-9-5-10-15(11-13)16(17)12-14-7-3-4-8-14/h5,9-11,14,16-17H,2-4,6-8,12H2,1H3. The van der Waals surface area contributed by atoms with Gasteiger partial charge in [-0.1, -0.05) is 63.3 Å². The molecule has 1 aromatic rings. The molecule has 0 bridgehead atoms. The third-order valence-electron chi connectivity index (χ3n) is 3.91. The van der Waals surface area contributed by atoms with Crippen LogP contribution in [-0.4, -0.2) is 5.11 Å². The van der Waals surface area contributed by atoms with Crippen LogP contribution in [0.15, 0.2) is 24.3 Å². The predicted molar refractivity (Wildman–Crippen MR) is 72.0 cm³/mol. The molecule has 1 unspecified atom stereocenters. The van der Waals surface area contributed by atoms with Gasteiger partial charge in [-0.15, -0.1) is 0 Å². The molecule has 1 aliphatic carbocycles. The molecular weight excluding hydrogens is 208 g/mol. The number of aliphatic hydroxyl groups excluding tert-OH is 1. The van der Waals surface area contributed by atoms with Gasteiger partial charge >= 0.3 is 0 Å². The lowest BCUT2D eigenvalue weighted by molar-refractivity contribution is 0.145. The second kappa shape index (κ2) is 6.20. The summed E-state index contributed by atoms with van der Waals surface area (Å²) < 4.78 is 0. The smallest absolute Gasteiger partial charge is 0.0792 e. The fourth-order valence-electron chi connectivity index (χ4n) is 2.94. The van der Waals surface area contributed by atoms with Crippen LogP contribution in [-0.2, 0) is 6.42 Å². The molecule has 0 heterocycles. The number of hydrogen-bond acceptors (Lipinski definition) is 1. The SMILES string of the molecule is CCCc1cccc(C(O)CC2CCCC2)c1. The van der Waals surface area contributed by atoms with Crippen molar-refractivity contribution >= 4 is 0 Å². The molecule has 1 aliphatic rings. The molecule has 0 amide bonds. The van der Waals surface area contributed by atoms with Crippen LogP contribution in [0.2, 0.25) is 0 Å². The molecule has 2 rings (SSSR count). The number of benzene rings is 1. The normalized spacial score (nSPS) is 18.5. The van der Waals surface area contributed by atoms with E-state index in [4.69, 9.17) is 0 Å². The first kappa shape index (κ1) is 12.6. The van der Waals surface area contributed by atoms with Gasteiger partial charge < -0.3 is 5.11 Å². The molecule has 1 atom stereocenters. The fourth-order valence-corrected chi connectivity index (χ4v) is 2.94. The Hall–Kier alpha value is -0.820. The lowest BCUT2D eigenvalue weighted by atomic mass is 9.94. The maximum absolute atomic E-state index is 10.3. The Morgan fingerprint density at radius 1 is 1.29 bits per heavy atom. The quantitative estimate of drug-likeness (QED) is 0.804. The summed E-state index contributed by atoms with van der Waals surface area (Å²) in [7, 11) is 0. The Balaban J connectivity index is 1.97. The van der Waals surface area contributed by atoms with Gasteiger partial charge in [0.25, 0.3) is 0 Å². The second-order valence-corrected chi connectivity index (χ2v) is 5.40. The highest BCUT2D eigenvalue weighted by Gasteiger charge is 2.19. The molecule has 0 spiro atoms. The zero-order chi connectivity index (χ0) is 12.1. The van der Waals surface area contributed by atoms with Crippen LogP contribution in [0.4, 0.5) is 0 Å². The highest BCUT2D eigenvalue weighted by molar-refractivity contribution is 5.25. The molecule has 0 saturated heterocycles. The van der Waals surface area contributed by atoms with E-state index in [9.17, 15) is 5.11 Å². The van der Waals surface area contributed by atoms with E-state index in [2.05, 4.69) is 31.2 Å². The minimum atomic E-state index is -0.255. The molecule has 17 heavy (non-hydrogen) atoms. The maximum Gasteiger partial charge on any atom is 0.0792 e. The summed E-state index contributed by atoms with van der Waals surface area (Å²) in [6, 6.07) is 8.50. The summed E-state index contributed by atoms with van der Waals surface area (Å²) in [5.41, 5.74) is 2.47. The molecule has 94 valence electrons. The van der Waals surface area contributed by atoms with Crippen molar-refractivity contribution in [3.8, 4) is 0 Å². The van der Waals surface area contributed by atoms with E-state index in [1.165, 1.54) is 37.7 Å². The molecule has 1 N–H and O–H groups in total. The largest absolute Gasteiger partial charge is 0.388 e. The van der Waals surface area contributed by atoms with Crippen LogP contribution in [0, 0.1) is 5.92 Å². The molecule has 1 heteroatoms. The van der Waals surface area contributed by atoms with E-state index < -0.39 is 0 Å². The first-order valence-electron chi connectivity index (χ1n) is 7.06. The monoisotopic (exact) mass is 232 g/mol. The van der Waals surface area contributed by atoms with Crippen molar-refractivity contribution in [2.45, 2.75) is 58.0 Å². The number of aliphatic hydroxyl groups is 1. The van der Waals surface area contributed by atoms with Crippen LogP contribution >= 0.6 is 0 Å². The van der Waals surface area contributed by atoms with Gasteiger partial charge in [-0.05, 0) is 29.9 Å². The highest BCUT2D eigenvalue weighted by atomic mass is 16.3. The minimum Gasteiger partial charge on any atom is -0.388 e. The van der Waals surface area contributed by atoms with Gasteiger partial charge in [0.1, 0.15) is 0 Å². The van der Waals surface area contributed by atoms with Crippen LogP contribution < -0.4 is 0 Å². The van der Waals surface area contributed by atoms with Crippen molar-refractivity contribution in [3.63, 3.8) is 0 Å². The molecule has 0 radical (unpaired) electrons. The lowest BCUT2D eigenvalue weighted by Gasteiger charge is -2.16. The van der Waals surface area contributed by atoms with E-state index in [0.717, 1.165) is 24.3 Å². The van der Waals surface area contributed by atoms with Gasteiger partial charge in [0, 0.05) is 0 Å². The third-order valence-corrected chi connectivity index (χ3v) is 3.91. The van der Waals surface area contributed by atoms with Crippen molar-refractivity contribution < 1.29 is 5.11 Å². The molecule has 1 aromatic carbocycles. The molecular formula is C16H24O. The van der Waals surface area contributed by atoms with E-state index in [-0.39, 0.29) is 6.10 Å².